The van der Waals surface area contributed by atoms with Crippen molar-refractivity contribution in [2.24, 2.45) is 0 Å². The first-order valence-corrected chi connectivity index (χ1v) is 5.17. The van der Waals surface area contributed by atoms with Crippen LogP contribution in [0.25, 0.3) is 0 Å². The van der Waals surface area contributed by atoms with Gasteiger partial charge in [0.25, 0.3) is 0 Å². The summed E-state index contributed by atoms with van der Waals surface area (Å²) in [5, 5.41) is 0. The van der Waals surface area contributed by atoms with Crippen LogP contribution in [0.15, 0.2) is 0 Å². The Morgan fingerprint density at radius 3 is 1.33 bits per heavy atom. The van der Waals surface area contributed by atoms with Gasteiger partial charge in [-0.2, -0.15) is 0 Å². The molecule has 0 fully saturated rings. The van der Waals surface area contributed by atoms with E-state index in [2.05, 4.69) is 0 Å². The van der Waals surface area contributed by atoms with Gasteiger partial charge in [0.2, 0.25) is 0 Å². The molecule has 0 aromatic rings. The molecule has 0 heterocycles. The summed E-state index contributed by atoms with van der Waals surface area (Å²) in [7, 11) is -1.61. The largest absolute Gasteiger partial charge is 1.00 e. The number of hydrogen-bond donors (Lipinski definition) is 1. The van der Waals surface area contributed by atoms with Crippen molar-refractivity contribution in [1.29, 1.82) is 0 Å². The Hall–Kier alpha value is 0.774. The molecule has 34 valence electrons. The molecule has 0 amide bonds. The monoisotopic (exact) mass is 98.1 g/mol. The second kappa shape index (κ2) is 2.87. The summed E-state index contributed by atoms with van der Waals surface area (Å²) in [4.78, 5) is 8.66. The van der Waals surface area contributed by atoms with Crippen LogP contribution in [0.5, 0.6) is 0 Å². The molecule has 0 radical (unpaired) electrons. The second-order valence-corrected chi connectivity index (χ2v) is 6.51. The topological polar surface area (TPSA) is 20.2 Å². The molecule has 0 aliphatic carbocycles. The molecule has 0 aliphatic heterocycles. The minimum atomic E-state index is -1.61. The van der Waals surface area contributed by atoms with Gasteiger partial charge in [0.1, 0.15) is 0 Å². The summed E-state index contributed by atoms with van der Waals surface area (Å²) in [5.41, 5.74) is 0. The Kier molecular flexibility index (Phi) is 4.74. The maximum atomic E-state index is 8.66. The summed E-state index contributed by atoms with van der Waals surface area (Å²) >= 11 is 0. The minimum absolute atomic E-state index is 0. The smallest absolute Gasteiger partial charge is 1.00 e. The van der Waals surface area contributed by atoms with Gasteiger partial charge in [-0.15, -0.1) is 0 Å². The molecule has 6 heavy (non-hydrogen) atoms. The first kappa shape index (κ1) is 9.91. The maximum absolute atomic E-state index is 8.66. The van der Waals surface area contributed by atoms with Gasteiger partial charge in [0.05, 0.1) is 0 Å². The Labute approximate surface area is 53.6 Å². The summed E-state index contributed by atoms with van der Waals surface area (Å²) in [6.45, 7) is 5.65. The van der Waals surface area contributed by atoms with Crippen LogP contribution in [-0.2, 0) is 0 Å². The van der Waals surface area contributed by atoms with Crippen molar-refractivity contribution in [3.63, 3.8) is 0 Å². The molecule has 0 bridgehead atoms. The Balaban J connectivity index is -0.0000000800. The molecule has 0 aliphatic rings. The zero-order chi connectivity index (χ0) is 4.50. The molecular weight excluding hydrogens is 87.1 g/mol. The van der Waals surface area contributed by atoms with E-state index in [1.54, 1.807) is 0 Å². The average Bonchev–Trinajstić information content (AvgIpc) is 0.722. The first-order valence-electron chi connectivity index (χ1n) is 1.72. The fourth-order valence-electron chi connectivity index (χ4n) is 0. The molecule has 0 aromatic carbocycles. The fourth-order valence-corrected chi connectivity index (χ4v) is 0. The maximum Gasteiger partial charge on any atom is 1.00 e. The molecule has 0 atom stereocenters. The quantitative estimate of drug-likeness (QED) is 0.345. The molecule has 0 spiro atoms. The molecule has 0 rings (SSSR count). The summed E-state index contributed by atoms with van der Waals surface area (Å²) in [5.74, 6) is 0. The Bertz CT molecular complexity index is 30.4. The van der Waals surface area contributed by atoms with E-state index in [1.165, 1.54) is 0 Å². The van der Waals surface area contributed by atoms with Gasteiger partial charge < -0.3 is 6.22 Å². The Morgan fingerprint density at radius 1 is 1.33 bits per heavy atom. The van der Waals surface area contributed by atoms with E-state index in [1.807, 2.05) is 19.6 Å². The van der Waals surface area contributed by atoms with Crippen molar-refractivity contribution >= 4 is 8.32 Å². The van der Waals surface area contributed by atoms with Crippen LogP contribution in [0.4, 0.5) is 0 Å². The van der Waals surface area contributed by atoms with Crippen molar-refractivity contribution < 1.29 is 25.1 Å². The first-order chi connectivity index (χ1) is 2.00. The third-order valence-electron chi connectivity index (χ3n) is 0. The van der Waals surface area contributed by atoms with Crippen LogP contribution in [0.2, 0.25) is 19.6 Å². The van der Waals surface area contributed by atoms with E-state index in [-0.39, 0.29) is 20.3 Å². The van der Waals surface area contributed by atoms with Gasteiger partial charge in [-0.05, 0) is 19.6 Å². The summed E-state index contributed by atoms with van der Waals surface area (Å²) in [6, 6.07) is 0. The van der Waals surface area contributed by atoms with Crippen LogP contribution in [0.3, 0.4) is 0 Å². The Morgan fingerprint density at radius 2 is 1.33 bits per heavy atom. The summed E-state index contributed by atoms with van der Waals surface area (Å²) < 4.78 is 0. The fraction of sp³-hybridized carbons (Fsp3) is 1.00. The van der Waals surface area contributed by atoms with E-state index in [9.17, 15) is 0 Å². The van der Waals surface area contributed by atoms with Crippen molar-refractivity contribution in [2.45, 2.75) is 19.6 Å². The van der Waals surface area contributed by atoms with Gasteiger partial charge in [-0.25, -0.2) is 0 Å². The van der Waals surface area contributed by atoms with Crippen molar-refractivity contribution in [1.82, 2.24) is 0 Å². The van der Waals surface area contributed by atoms with Gasteiger partial charge >= 0.3 is 18.9 Å². The minimum Gasteiger partial charge on any atom is -1.00 e. The molecule has 0 unspecified atom stereocenters. The number of rotatable bonds is 0. The predicted octanol–water partition coefficient (Wildman–Crippen LogP) is -2.07. The SMILES string of the molecule is C[Si](C)(C)O.[H-].[Li+]. The second-order valence-electron chi connectivity index (χ2n) is 2.17. The molecule has 1 nitrogen and oxygen atoms in total. The average molecular weight is 98.1 g/mol. The van der Waals surface area contributed by atoms with Gasteiger partial charge in [-0.3, -0.25) is 0 Å². The van der Waals surface area contributed by atoms with E-state index < -0.39 is 8.32 Å². The van der Waals surface area contributed by atoms with Crippen molar-refractivity contribution in [2.75, 3.05) is 0 Å². The molecular formula is C3H11LiOSi. The zero-order valence-corrected chi connectivity index (χ0v) is 5.95. The number of hydrogen-bond acceptors (Lipinski definition) is 1. The van der Waals surface area contributed by atoms with Crippen LogP contribution in [0, 0.1) is 0 Å². The third kappa shape index (κ3) is 113. The van der Waals surface area contributed by atoms with Crippen LogP contribution < -0.4 is 18.9 Å². The molecule has 3 heteroatoms. The van der Waals surface area contributed by atoms with Crippen LogP contribution in [0.1, 0.15) is 1.43 Å². The summed E-state index contributed by atoms with van der Waals surface area (Å²) in [6.07, 6.45) is 0. The molecule has 0 saturated heterocycles. The van der Waals surface area contributed by atoms with Gasteiger partial charge in [0.15, 0.2) is 8.32 Å². The normalized spacial score (nSPS) is 10.0. The molecule has 0 saturated carbocycles. The van der Waals surface area contributed by atoms with E-state index in [0.717, 1.165) is 0 Å². The van der Waals surface area contributed by atoms with Gasteiger partial charge in [0, 0.05) is 0 Å². The van der Waals surface area contributed by atoms with Crippen molar-refractivity contribution in [3.05, 3.63) is 0 Å². The van der Waals surface area contributed by atoms with Crippen LogP contribution in [-0.4, -0.2) is 13.1 Å². The standard InChI is InChI=1S/C3H10OSi.Li.H/c1-5(2,3)4;;/h4H,1-3H3;;/q;+1;-1. The van der Waals surface area contributed by atoms with E-state index >= 15 is 0 Å². The molecule has 1 N–H and O–H groups in total. The molecule has 0 aromatic heterocycles. The third-order valence-corrected chi connectivity index (χ3v) is 0. The van der Waals surface area contributed by atoms with E-state index in [0.29, 0.717) is 0 Å². The van der Waals surface area contributed by atoms with Crippen molar-refractivity contribution in [3.8, 4) is 0 Å². The predicted molar refractivity (Wildman–Crippen MR) is 26.7 cm³/mol. The van der Waals surface area contributed by atoms with Gasteiger partial charge in [-0.1, -0.05) is 0 Å². The van der Waals surface area contributed by atoms with Crippen LogP contribution >= 0.6 is 0 Å². The zero-order valence-electron chi connectivity index (χ0n) is 5.95. The van der Waals surface area contributed by atoms with E-state index in [4.69, 9.17) is 4.80 Å².